The molecule has 6 heterocycles. The zero-order chi connectivity index (χ0) is 28.1. The third-order valence-corrected chi connectivity index (χ3v) is 7.85. The molecule has 2 N–H and O–H groups in total. The summed E-state index contributed by atoms with van der Waals surface area (Å²) in [6, 6.07) is 11.7. The highest BCUT2D eigenvalue weighted by atomic mass is 16.5. The van der Waals surface area contributed by atoms with E-state index in [1.165, 1.54) is 0 Å². The molecule has 204 valence electrons. The smallest absolute Gasteiger partial charge is 0.319 e. The molecule has 1 saturated heterocycles. The van der Waals surface area contributed by atoms with Gasteiger partial charge in [-0.2, -0.15) is 15.5 Å². The molecular formula is C29H26N10O2. The summed E-state index contributed by atoms with van der Waals surface area (Å²) in [7, 11) is 3.43. The number of methoxy groups -OCH3 is 1. The van der Waals surface area contributed by atoms with Gasteiger partial charge in [0.15, 0.2) is 0 Å². The maximum atomic E-state index is 12.5. The molecule has 7 rings (SSSR count). The van der Waals surface area contributed by atoms with Crippen LogP contribution in [-0.2, 0) is 7.05 Å². The van der Waals surface area contributed by atoms with Crippen molar-refractivity contribution in [2.24, 2.45) is 18.9 Å². The Morgan fingerprint density at radius 1 is 1.00 bits per heavy atom. The van der Waals surface area contributed by atoms with Crippen molar-refractivity contribution in [1.29, 1.82) is 5.26 Å². The average molecular weight is 547 g/mol. The first-order valence-electron chi connectivity index (χ1n) is 13.2. The van der Waals surface area contributed by atoms with E-state index in [-0.39, 0.29) is 12.1 Å². The Balaban J connectivity index is 1.04. The lowest BCUT2D eigenvalue weighted by Crippen LogP contribution is -2.37. The van der Waals surface area contributed by atoms with Crippen molar-refractivity contribution in [2.45, 2.75) is 6.04 Å². The quantitative estimate of drug-likeness (QED) is 0.331. The SMILES string of the molecule is COc1ccc(NC(=O)N[C@H]2[C@@H]3CN(c4ccc(-c5cc(-c6cnn(C)c6)cn6ncc(C#N)c56)cn4)C[C@@H]32)cn1. The number of nitriles is 1. The molecule has 2 amide bonds. The minimum Gasteiger partial charge on any atom is -0.481 e. The molecular weight excluding hydrogens is 520 g/mol. The molecule has 5 aromatic heterocycles. The molecule has 1 aliphatic carbocycles. The Kier molecular flexibility index (Phi) is 5.78. The summed E-state index contributed by atoms with van der Waals surface area (Å²) < 4.78 is 8.55. The fourth-order valence-electron chi connectivity index (χ4n) is 5.71. The van der Waals surface area contributed by atoms with Gasteiger partial charge in [0.1, 0.15) is 11.9 Å². The third-order valence-electron chi connectivity index (χ3n) is 7.85. The number of urea groups is 1. The van der Waals surface area contributed by atoms with Crippen LogP contribution in [0.5, 0.6) is 5.88 Å². The number of carbonyl (C=O) groups excluding carboxylic acids is 1. The lowest BCUT2D eigenvalue weighted by Gasteiger charge is -2.21. The van der Waals surface area contributed by atoms with Gasteiger partial charge in [0.05, 0.1) is 42.5 Å². The van der Waals surface area contributed by atoms with Crippen LogP contribution >= 0.6 is 0 Å². The van der Waals surface area contributed by atoms with Gasteiger partial charge in [-0.1, -0.05) is 0 Å². The number of carbonyl (C=O) groups is 1. The topological polar surface area (TPSA) is 138 Å². The third kappa shape index (κ3) is 4.47. The van der Waals surface area contributed by atoms with Gasteiger partial charge in [-0.05, 0) is 24.3 Å². The molecule has 0 bridgehead atoms. The van der Waals surface area contributed by atoms with Crippen LogP contribution in [0.3, 0.4) is 0 Å². The molecule has 1 aliphatic heterocycles. The van der Waals surface area contributed by atoms with Crippen LogP contribution in [-0.4, -0.2) is 61.6 Å². The van der Waals surface area contributed by atoms with E-state index < -0.39 is 0 Å². The molecule has 2 fully saturated rings. The summed E-state index contributed by atoms with van der Waals surface area (Å²) in [5, 5.41) is 24.3. The monoisotopic (exact) mass is 546 g/mol. The molecule has 2 aliphatic rings. The number of piperidine rings is 1. The van der Waals surface area contributed by atoms with Crippen LogP contribution in [0.4, 0.5) is 16.3 Å². The van der Waals surface area contributed by atoms with Gasteiger partial charge in [0.2, 0.25) is 5.88 Å². The number of hydrogen-bond donors (Lipinski definition) is 2. The van der Waals surface area contributed by atoms with Gasteiger partial charge in [0.25, 0.3) is 0 Å². The van der Waals surface area contributed by atoms with Crippen LogP contribution in [0.1, 0.15) is 5.56 Å². The molecule has 3 atom stereocenters. The number of aryl methyl sites for hydroxylation is 1. The van der Waals surface area contributed by atoms with Crippen molar-refractivity contribution in [2.75, 3.05) is 30.4 Å². The van der Waals surface area contributed by atoms with E-state index in [9.17, 15) is 10.1 Å². The summed E-state index contributed by atoms with van der Waals surface area (Å²) in [4.78, 5) is 23.6. The number of anilines is 2. The number of nitrogens with one attached hydrogen (secondary N) is 2. The summed E-state index contributed by atoms with van der Waals surface area (Å²) >= 11 is 0. The molecule has 0 spiro atoms. The number of rotatable bonds is 6. The van der Waals surface area contributed by atoms with Crippen molar-refractivity contribution in [1.82, 2.24) is 34.7 Å². The highest BCUT2D eigenvalue weighted by Crippen LogP contribution is 2.46. The Bertz CT molecular complexity index is 1790. The number of ether oxygens (including phenoxy) is 1. The lowest BCUT2D eigenvalue weighted by atomic mass is 10.0. The fraction of sp³-hybridized carbons (Fsp3) is 0.241. The summed E-state index contributed by atoms with van der Waals surface area (Å²) in [5.74, 6) is 2.16. The normalized spacial score (nSPS) is 19.0. The standard InChI is InChI=1S/C29H26N10O2/c1-37-13-20(11-33-37)18-7-22(28-19(8-30)10-34-39(28)14-18)17-3-5-25(31-9-17)38-15-23-24(16-38)27(23)36-29(40)35-21-4-6-26(41-2)32-12-21/h3-7,9-14,23-24,27H,15-16H2,1-2H3,(H2,35,36,40)/t23-,24+,27+. The van der Waals surface area contributed by atoms with Gasteiger partial charge in [-0.3, -0.25) is 4.68 Å². The predicted molar refractivity (Wildman–Crippen MR) is 151 cm³/mol. The number of pyridine rings is 3. The molecule has 0 radical (unpaired) electrons. The van der Waals surface area contributed by atoms with Crippen molar-refractivity contribution >= 4 is 23.1 Å². The fourth-order valence-corrected chi connectivity index (χ4v) is 5.71. The lowest BCUT2D eigenvalue weighted by molar-refractivity contribution is 0.250. The Hall–Kier alpha value is -5.44. The first-order chi connectivity index (χ1) is 20.0. The van der Waals surface area contributed by atoms with Crippen molar-refractivity contribution in [3.63, 3.8) is 0 Å². The second kappa shape index (κ2) is 9.63. The predicted octanol–water partition coefficient (Wildman–Crippen LogP) is 3.33. The maximum absolute atomic E-state index is 12.5. The summed E-state index contributed by atoms with van der Waals surface area (Å²) in [6.45, 7) is 1.65. The van der Waals surface area contributed by atoms with E-state index in [0.29, 0.717) is 29.0 Å². The minimum atomic E-state index is -0.234. The molecule has 41 heavy (non-hydrogen) atoms. The molecule has 5 aromatic rings. The average Bonchev–Trinajstić information content (AvgIpc) is 3.45. The van der Waals surface area contributed by atoms with E-state index in [1.807, 2.05) is 44.0 Å². The first kappa shape index (κ1) is 24.6. The molecule has 12 heteroatoms. The van der Waals surface area contributed by atoms with Gasteiger partial charge in [-0.25, -0.2) is 19.3 Å². The Labute approximate surface area is 235 Å². The highest BCUT2D eigenvalue weighted by molar-refractivity contribution is 5.90. The van der Waals surface area contributed by atoms with Crippen molar-refractivity contribution in [3.05, 3.63) is 73.1 Å². The summed E-state index contributed by atoms with van der Waals surface area (Å²) in [5.41, 5.74) is 5.55. The molecule has 1 saturated carbocycles. The Morgan fingerprint density at radius 2 is 1.85 bits per heavy atom. The van der Waals surface area contributed by atoms with Gasteiger partial charge in [0, 0.05) is 84.9 Å². The first-order valence-corrected chi connectivity index (χ1v) is 13.2. The Morgan fingerprint density at radius 3 is 2.51 bits per heavy atom. The van der Waals surface area contributed by atoms with Crippen LogP contribution in [0.25, 0.3) is 27.8 Å². The molecule has 0 aromatic carbocycles. The number of amides is 2. The van der Waals surface area contributed by atoms with E-state index in [0.717, 1.165) is 46.7 Å². The van der Waals surface area contributed by atoms with Crippen LogP contribution in [0, 0.1) is 23.2 Å². The zero-order valence-corrected chi connectivity index (χ0v) is 22.4. The van der Waals surface area contributed by atoms with E-state index in [2.05, 4.69) is 42.9 Å². The van der Waals surface area contributed by atoms with Gasteiger partial charge >= 0.3 is 6.03 Å². The van der Waals surface area contributed by atoms with E-state index >= 15 is 0 Å². The number of fused-ring (bicyclic) bond motifs is 2. The van der Waals surface area contributed by atoms with E-state index in [1.54, 1.807) is 40.8 Å². The molecule has 12 nitrogen and oxygen atoms in total. The van der Waals surface area contributed by atoms with Crippen molar-refractivity contribution < 1.29 is 9.53 Å². The number of hydrogen-bond acceptors (Lipinski definition) is 8. The second-order valence-corrected chi connectivity index (χ2v) is 10.4. The van der Waals surface area contributed by atoms with Crippen LogP contribution < -0.4 is 20.3 Å². The van der Waals surface area contributed by atoms with Crippen LogP contribution in [0.15, 0.2) is 67.5 Å². The van der Waals surface area contributed by atoms with Crippen LogP contribution in [0.2, 0.25) is 0 Å². The van der Waals surface area contributed by atoms with Crippen molar-refractivity contribution in [3.8, 4) is 34.2 Å². The second-order valence-electron chi connectivity index (χ2n) is 10.4. The van der Waals surface area contributed by atoms with Gasteiger partial charge in [-0.15, -0.1) is 0 Å². The number of aromatic nitrogens is 6. The maximum Gasteiger partial charge on any atom is 0.319 e. The minimum absolute atomic E-state index is 0.145. The molecule has 0 unspecified atom stereocenters. The van der Waals surface area contributed by atoms with E-state index in [4.69, 9.17) is 9.72 Å². The summed E-state index contributed by atoms with van der Waals surface area (Å²) in [6.07, 6.45) is 10.7. The zero-order valence-electron chi connectivity index (χ0n) is 22.4. The van der Waals surface area contributed by atoms with Gasteiger partial charge < -0.3 is 20.3 Å². The number of nitrogens with zero attached hydrogens (tertiary/aromatic N) is 8. The largest absolute Gasteiger partial charge is 0.481 e. The highest BCUT2D eigenvalue weighted by Gasteiger charge is 2.56.